The Balaban J connectivity index is 0.997. The lowest BCUT2D eigenvalue weighted by molar-refractivity contribution is -0.292. The molecule has 1 spiro atoms. The highest BCUT2D eigenvalue weighted by Gasteiger charge is 2.68. The zero-order valence-corrected chi connectivity index (χ0v) is 30.5. The number of fused-ring (bicyclic) bond motifs is 6. The van der Waals surface area contributed by atoms with Crippen molar-refractivity contribution in [2.24, 2.45) is 11.8 Å². The maximum Gasteiger partial charge on any atom is 0.172 e. The number of Topliss-reactive ketones (excluding diaryl/α,β-unsaturated/α-hetero) is 1. The van der Waals surface area contributed by atoms with Crippen LogP contribution in [0.15, 0.2) is 36.3 Å². The maximum absolute atomic E-state index is 14.0. The Hall–Kier alpha value is -1.87. The summed E-state index contributed by atoms with van der Waals surface area (Å²) in [5.74, 6) is -0.962. The van der Waals surface area contributed by atoms with E-state index in [1.807, 2.05) is 0 Å². The number of carbonyl (C=O) groups is 1. The minimum atomic E-state index is -0.792. The van der Waals surface area contributed by atoms with Crippen molar-refractivity contribution in [3.05, 3.63) is 36.3 Å². The average Bonchev–Trinajstić information content (AvgIpc) is 3.79. The van der Waals surface area contributed by atoms with Crippen molar-refractivity contribution in [1.29, 1.82) is 0 Å². The molecule has 0 amide bonds. The van der Waals surface area contributed by atoms with Gasteiger partial charge in [0.25, 0.3) is 0 Å². The first kappa shape index (κ1) is 35.8. The first-order valence-corrected chi connectivity index (χ1v) is 19.8. The van der Waals surface area contributed by atoms with Gasteiger partial charge in [-0.1, -0.05) is 20.1 Å². The van der Waals surface area contributed by atoms with Gasteiger partial charge in [-0.15, -0.1) is 0 Å². The number of aliphatic hydroxyl groups is 2. The highest BCUT2D eigenvalue weighted by molar-refractivity contribution is 5.79. The molecule has 18 atom stereocenters. The number of hydrogen-bond acceptors (Lipinski definition) is 12. The third-order valence-corrected chi connectivity index (χ3v) is 13.8. The number of rotatable bonds is 3. The SMILES string of the molecule is C=C1C2CC3O[C@H](C/C(O)=C/O)[C@H](OC)C3CC(=O)CC3CCC4O[C@H]5C6O[C@]7(CCC8CC(=C)[C@H](CCC(C[C@H]1C)O2)O8)CC6OC5[C@@H](O7)[C@H]4O3. The topological polar surface area (TPSA) is 141 Å². The van der Waals surface area contributed by atoms with Gasteiger partial charge in [-0.05, 0) is 62.0 Å². The van der Waals surface area contributed by atoms with Crippen LogP contribution in [-0.2, 0) is 47.4 Å². The van der Waals surface area contributed by atoms with Gasteiger partial charge in [-0.3, -0.25) is 4.79 Å². The van der Waals surface area contributed by atoms with Crippen LogP contribution in [0.3, 0.4) is 0 Å². The molecule has 10 saturated heterocycles. The van der Waals surface area contributed by atoms with Crippen molar-refractivity contribution in [2.75, 3.05) is 7.11 Å². The molecular weight excluding hydrogens is 672 g/mol. The predicted octanol–water partition coefficient (Wildman–Crippen LogP) is 5.08. The van der Waals surface area contributed by atoms with Gasteiger partial charge in [-0.25, -0.2) is 0 Å². The van der Waals surface area contributed by atoms with Crippen LogP contribution in [0.25, 0.3) is 0 Å². The highest BCUT2D eigenvalue weighted by Crippen LogP contribution is 2.54. The third kappa shape index (κ3) is 6.41. The van der Waals surface area contributed by atoms with E-state index in [0.29, 0.717) is 31.9 Å². The van der Waals surface area contributed by atoms with Gasteiger partial charge in [-0.2, -0.15) is 0 Å². The minimum Gasteiger partial charge on any atom is -0.512 e. The molecule has 0 saturated carbocycles. The Morgan fingerprint density at radius 2 is 1.56 bits per heavy atom. The lowest BCUT2D eigenvalue weighted by Gasteiger charge is -2.47. The maximum atomic E-state index is 14.0. The van der Waals surface area contributed by atoms with E-state index in [0.717, 1.165) is 49.7 Å². The van der Waals surface area contributed by atoms with Crippen molar-refractivity contribution in [3.8, 4) is 0 Å². The molecule has 0 aliphatic carbocycles. The third-order valence-electron chi connectivity index (χ3n) is 13.8. The fourth-order valence-electron chi connectivity index (χ4n) is 11.1. The molecule has 0 aromatic heterocycles. The number of carbonyl (C=O) groups excluding carboxylic acids is 1. The minimum absolute atomic E-state index is 0.0195. The molecule has 288 valence electrons. The Kier molecular flexibility index (Phi) is 9.65. The van der Waals surface area contributed by atoms with E-state index < -0.39 is 18.0 Å². The molecule has 10 unspecified atom stereocenters. The number of ketones is 1. The molecular formula is C40H56O12. The van der Waals surface area contributed by atoms with Gasteiger partial charge in [0.2, 0.25) is 0 Å². The van der Waals surface area contributed by atoms with E-state index in [-0.39, 0.29) is 122 Å². The molecule has 10 aliphatic rings. The highest BCUT2D eigenvalue weighted by atomic mass is 16.8. The van der Waals surface area contributed by atoms with E-state index in [1.54, 1.807) is 7.11 Å². The lowest BCUT2D eigenvalue weighted by atomic mass is 9.81. The van der Waals surface area contributed by atoms with Crippen LogP contribution in [0.4, 0.5) is 0 Å². The van der Waals surface area contributed by atoms with Crippen molar-refractivity contribution in [1.82, 2.24) is 0 Å². The molecule has 10 rings (SSSR count). The Labute approximate surface area is 306 Å². The largest absolute Gasteiger partial charge is 0.512 e. The van der Waals surface area contributed by atoms with Gasteiger partial charge in [0.05, 0.1) is 61.0 Å². The van der Waals surface area contributed by atoms with Gasteiger partial charge in [0.1, 0.15) is 48.3 Å². The fraction of sp³-hybridized carbons (Fsp3) is 0.825. The summed E-state index contributed by atoms with van der Waals surface area (Å²) in [6.07, 6.45) is 5.20. The summed E-state index contributed by atoms with van der Waals surface area (Å²) >= 11 is 0. The van der Waals surface area contributed by atoms with Crippen LogP contribution in [0, 0.1) is 11.8 Å². The molecule has 12 bridgehead atoms. The molecule has 12 nitrogen and oxygen atoms in total. The number of aliphatic hydroxyl groups excluding tert-OH is 2. The van der Waals surface area contributed by atoms with Gasteiger partial charge < -0.3 is 52.8 Å². The second kappa shape index (κ2) is 14.0. The Morgan fingerprint density at radius 1 is 0.808 bits per heavy atom. The quantitative estimate of drug-likeness (QED) is 0.296. The molecule has 2 N–H and O–H groups in total. The van der Waals surface area contributed by atoms with Crippen LogP contribution >= 0.6 is 0 Å². The van der Waals surface area contributed by atoms with Crippen molar-refractivity contribution in [3.63, 3.8) is 0 Å². The Bertz CT molecular complexity index is 1430. The second-order valence-electron chi connectivity index (χ2n) is 17.1. The smallest absolute Gasteiger partial charge is 0.172 e. The zero-order valence-electron chi connectivity index (χ0n) is 30.5. The standard InChI is InChI=1S/C40H56O12/c1-19-11-24-5-7-28-20(2)12-26(45-28)9-10-40-17-33-36(51-40)37-38(50-33)39(52-40)35-29(49-37)8-6-25(47-35)13-22(42)14-27-31(16-30(46-24)21(19)3)48-32(34(27)44-4)15-23(43)18-41/h18-19,24-39,41,43H,2-3,5-17H2,1,4H3/b23-18-/t19-,24?,25?,26?,27?,28+,29?,30?,31?,32-,33?,34-,35+,36?,37+,38?,39+,40+/m1/s1. The first-order valence-electron chi connectivity index (χ1n) is 19.8. The van der Waals surface area contributed by atoms with Crippen LogP contribution in [0.1, 0.15) is 90.4 Å². The molecule has 0 radical (unpaired) electrons. The molecule has 0 aromatic carbocycles. The summed E-state index contributed by atoms with van der Waals surface area (Å²) in [7, 11) is 1.61. The molecule has 10 fully saturated rings. The van der Waals surface area contributed by atoms with Gasteiger partial charge in [0.15, 0.2) is 5.79 Å². The van der Waals surface area contributed by atoms with Crippen LogP contribution in [0.5, 0.6) is 0 Å². The van der Waals surface area contributed by atoms with Gasteiger partial charge in [0, 0.05) is 51.6 Å². The summed E-state index contributed by atoms with van der Waals surface area (Å²) in [5.41, 5.74) is 2.15. The second-order valence-corrected chi connectivity index (χ2v) is 17.1. The predicted molar refractivity (Wildman–Crippen MR) is 185 cm³/mol. The molecule has 10 heterocycles. The van der Waals surface area contributed by atoms with E-state index in [9.17, 15) is 15.0 Å². The first-order chi connectivity index (χ1) is 25.1. The monoisotopic (exact) mass is 728 g/mol. The fourth-order valence-corrected chi connectivity index (χ4v) is 11.1. The van der Waals surface area contributed by atoms with E-state index >= 15 is 0 Å². The number of hydrogen-bond donors (Lipinski definition) is 2. The van der Waals surface area contributed by atoms with Crippen LogP contribution < -0.4 is 0 Å². The molecule has 12 heteroatoms. The van der Waals surface area contributed by atoms with Crippen molar-refractivity contribution < 1.29 is 57.6 Å². The van der Waals surface area contributed by atoms with E-state index in [4.69, 9.17) is 42.6 Å². The van der Waals surface area contributed by atoms with E-state index in [1.165, 1.54) is 0 Å². The molecule has 52 heavy (non-hydrogen) atoms. The summed E-state index contributed by atoms with van der Waals surface area (Å²) in [5, 5.41) is 19.8. The van der Waals surface area contributed by atoms with Crippen LogP contribution in [0.2, 0.25) is 0 Å². The summed E-state index contributed by atoms with van der Waals surface area (Å²) in [6.45, 7) is 11.1. The summed E-state index contributed by atoms with van der Waals surface area (Å²) < 4.78 is 59.7. The van der Waals surface area contributed by atoms with E-state index in [2.05, 4.69) is 20.1 Å². The van der Waals surface area contributed by atoms with Gasteiger partial charge >= 0.3 is 0 Å². The molecule has 0 aromatic rings. The summed E-state index contributed by atoms with van der Waals surface area (Å²) in [4.78, 5) is 14.0. The van der Waals surface area contributed by atoms with Crippen molar-refractivity contribution in [2.45, 2.75) is 188 Å². The Morgan fingerprint density at radius 3 is 2.38 bits per heavy atom. The average molecular weight is 729 g/mol. The number of ether oxygens (including phenoxy) is 9. The number of methoxy groups -OCH3 is 1. The van der Waals surface area contributed by atoms with Crippen molar-refractivity contribution >= 4 is 5.78 Å². The summed E-state index contributed by atoms with van der Waals surface area (Å²) in [6, 6.07) is 0. The zero-order chi connectivity index (χ0) is 35.9. The normalized spacial score (nSPS) is 52.1. The molecule has 10 aliphatic heterocycles. The van der Waals surface area contributed by atoms with Crippen LogP contribution in [-0.4, -0.2) is 120 Å². The lowest BCUT2D eigenvalue weighted by Crippen LogP contribution is -2.61.